The van der Waals surface area contributed by atoms with E-state index in [4.69, 9.17) is 16.5 Å². The third kappa shape index (κ3) is 4.18. The zero-order chi connectivity index (χ0) is 25.5. The van der Waals surface area contributed by atoms with E-state index in [1.807, 2.05) is 66.7 Å². The van der Waals surface area contributed by atoms with Gasteiger partial charge in [0, 0.05) is 15.8 Å². The van der Waals surface area contributed by atoms with Crippen molar-refractivity contribution in [2.45, 2.75) is 25.7 Å². The summed E-state index contributed by atoms with van der Waals surface area (Å²) in [4.78, 5) is 32.9. The number of aryl methyl sites for hydroxylation is 1. The molecular formula is C29H24N4O2S2. The fraction of sp³-hybridized carbons (Fsp3) is 0.138. The van der Waals surface area contributed by atoms with Gasteiger partial charge in [-0.2, -0.15) is 0 Å². The maximum atomic E-state index is 13.5. The number of benzene rings is 2. The molecule has 6 rings (SSSR count). The fourth-order valence-corrected chi connectivity index (χ4v) is 7.27. The monoisotopic (exact) mass is 524 g/mol. The molecule has 2 amide bonds. The van der Waals surface area contributed by atoms with Crippen LogP contribution in [-0.4, -0.2) is 16.8 Å². The maximum absolute atomic E-state index is 13.5. The van der Waals surface area contributed by atoms with Crippen LogP contribution in [0.4, 0.5) is 10.7 Å². The highest BCUT2D eigenvalue weighted by molar-refractivity contribution is 7.21. The highest BCUT2D eigenvalue weighted by Gasteiger charge is 2.27. The van der Waals surface area contributed by atoms with Gasteiger partial charge in [-0.25, -0.2) is 4.98 Å². The molecule has 0 atom stereocenters. The number of carbonyl (C=O) groups is 2. The number of amides is 2. The summed E-state index contributed by atoms with van der Waals surface area (Å²) in [6.07, 6.45) is 3.78. The van der Waals surface area contributed by atoms with E-state index in [0.29, 0.717) is 26.0 Å². The Kier molecular flexibility index (Phi) is 5.98. The lowest BCUT2D eigenvalue weighted by Gasteiger charge is -2.11. The highest BCUT2D eigenvalue weighted by atomic mass is 32.1. The van der Waals surface area contributed by atoms with E-state index in [9.17, 15) is 9.59 Å². The zero-order valence-electron chi connectivity index (χ0n) is 19.9. The van der Waals surface area contributed by atoms with Crippen LogP contribution in [0.1, 0.15) is 43.3 Å². The Morgan fingerprint density at radius 2 is 1.57 bits per heavy atom. The average Bonchev–Trinajstić information content (AvgIpc) is 3.46. The smallest absolute Gasteiger partial charge is 0.268 e. The Hall–Kier alpha value is -4.01. The van der Waals surface area contributed by atoms with Gasteiger partial charge in [-0.1, -0.05) is 60.7 Å². The van der Waals surface area contributed by atoms with Crippen molar-refractivity contribution >= 4 is 55.4 Å². The van der Waals surface area contributed by atoms with Crippen LogP contribution in [0.5, 0.6) is 0 Å². The normalized spacial score (nSPS) is 12.9. The molecule has 3 heterocycles. The number of rotatable bonds is 5. The van der Waals surface area contributed by atoms with Crippen molar-refractivity contribution in [2.75, 3.05) is 11.1 Å². The summed E-state index contributed by atoms with van der Waals surface area (Å²) < 4.78 is 0. The fourth-order valence-electron chi connectivity index (χ4n) is 4.97. The van der Waals surface area contributed by atoms with Gasteiger partial charge in [0.1, 0.15) is 14.7 Å². The molecule has 0 bridgehead atoms. The number of carbonyl (C=O) groups excluding carboxylic acids is 2. The van der Waals surface area contributed by atoms with Crippen LogP contribution < -0.4 is 16.8 Å². The van der Waals surface area contributed by atoms with Crippen LogP contribution in [0, 0.1) is 0 Å². The van der Waals surface area contributed by atoms with Gasteiger partial charge >= 0.3 is 0 Å². The van der Waals surface area contributed by atoms with Crippen LogP contribution in [0.15, 0.2) is 66.7 Å². The zero-order valence-corrected chi connectivity index (χ0v) is 21.5. The number of hydrogen-bond acceptors (Lipinski definition) is 6. The Labute approximate surface area is 222 Å². The molecule has 184 valence electrons. The SMILES string of the molecule is NC(=O)c1c(NC(=O)c2sc3nc(-c4ccccc4)cc(-c4ccccc4)c3c2N)sc2c1CCCC2. The Morgan fingerprint density at radius 3 is 2.27 bits per heavy atom. The quantitative estimate of drug-likeness (QED) is 0.243. The minimum Gasteiger partial charge on any atom is -0.397 e. The van der Waals surface area contributed by atoms with Gasteiger partial charge in [0.25, 0.3) is 11.8 Å². The van der Waals surface area contributed by atoms with Crippen molar-refractivity contribution in [3.8, 4) is 22.4 Å². The average molecular weight is 525 g/mol. The molecule has 0 saturated heterocycles. The van der Waals surface area contributed by atoms with Crippen molar-refractivity contribution in [2.24, 2.45) is 5.73 Å². The lowest BCUT2D eigenvalue weighted by molar-refractivity contribution is 0.100. The maximum Gasteiger partial charge on any atom is 0.268 e. The van der Waals surface area contributed by atoms with Crippen molar-refractivity contribution in [3.63, 3.8) is 0 Å². The lowest BCUT2D eigenvalue weighted by Crippen LogP contribution is -2.18. The van der Waals surface area contributed by atoms with E-state index >= 15 is 0 Å². The summed E-state index contributed by atoms with van der Waals surface area (Å²) in [6, 6.07) is 21.9. The van der Waals surface area contributed by atoms with Crippen molar-refractivity contribution in [1.29, 1.82) is 0 Å². The molecule has 0 spiro atoms. The van der Waals surface area contributed by atoms with Crippen LogP contribution in [-0.2, 0) is 12.8 Å². The second kappa shape index (κ2) is 9.46. The predicted octanol–water partition coefficient (Wildman–Crippen LogP) is 6.50. The molecule has 0 saturated carbocycles. The van der Waals surface area contributed by atoms with E-state index < -0.39 is 5.91 Å². The summed E-state index contributed by atoms with van der Waals surface area (Å²) in [6.45, 7) is 0. The summed E-state index contributed by atoms with van der Waals surface area (Å²) in [5.41, 5.74) is 17.9. The molecule has 5 N–H and O–H groups in total. The molecular weight excluding hydrogens is 500 g/mol. The standard InChI is InChI=1S/C29H24N4O2S2/c30-24-22-19(16-9-3-1-4-10-16)15-20(17-11-5-2-6-12-17)32-28(22)37-25(24)27(35)33-29-23(26(31)34)18-13-7-8-14-21(18)36-29/h1-6,9-12,15H,7-8,13-14,30H2,(H2,31,34)(H,33,35). The molecule has 3 aromatic heterocycles. The summed E-state index contributed by atoms with van der Waals surface area (Å²) in [5.74, 6) is -0.874. The van der Waals surface area contributed by atoms with Gasteiger partial charge in [0.05, 0.1) is 16.9 Å². The number of primary amides is 1. The molecule has 5 aromatic rings. The Balaban J connectivity index is 1.47. The molecule has 6 nitrogen and oxygen atoms in total. The van der Waals surface area contributed by atoms with Crippen LogP contribution in [0.25, 0.3) is 32.6 Å². The van der Waals surface area contributed by atoms with Gasteiger partial charge in [-0.15, -0.1) is 22.7 Å². The molecule has 1 aliphatic rings. The first-order valence-electron chi connectivity index (χ1n) is 12.1. The van der Waals surface area contributed by atoms with Gasteiger partial charge < -0.3 is 16.8 Å². The van der Waals surface area contributed by atoms with E-state index in [1.54, 1.807) is 0 Å². The summed E-state index contributed by atoms with van der Waals surface area (Å²) in [7, 11) is 0. The van der Waals surface area contributed by atoms with Gasteiger partial charge in [0.15, 0.2) is 0 Å². The van der Waals surface area contributed by atoms with Gasteiger partial charge in [-0.3, -0.25) is 9.59 Å². The molecule has 0 fully saturated rings. The first kappa shape index (κ1) is 23.4. The molecule has 37 heavy (non-hydrogen) atoms. The van der Waals surface area contributed by atoms with Crippen molar-refractivity contribution < 1.29 is 9.59 Å². The first-order valence-corrected chi connectivity index (χ1v) is 13.7. The highest BCUT2D eigenvalue weighted by Crippen LogP contribution is 2.43. The number of nitrogen functional groups attached to an aromatic ring is 1. The lowest BCUT2D eigenvalue weighted by atomic mass is 9.95. The van der Waals surface area contributed by atoms with E-state index in [2.05, 4.69) is 5.32 Å². The predicted molar refractivity (Wildman–Crippen MR) is 152 cm³/mol. The number of nitrogens with two attached hydrogens (primary N) is 2. The summed E-state index contributed by atoms with van der Waals surface area (Å²) in [5, 5.41) is 4.21. The molecule has 0 radical (unpaired) electrons. The topological polar surface area (TPSA) is 111 Å². The Morgan fingerprint density at radius 1 is 0.892 bits per heavy atom. The first-order chi connectivity index (χ1) is 18.0. The molecule has 2 aromatic carbocycles. The second-order valence-electron chi connectivity index (χ2n) is 9.05. The molecule has 0 aliphatic heterocycles. The minimum absolute atomic E-state index is 0.359. The third-order valence-electron chi connectivity index (χ3n) is 6.70. The Bertz CT molecular complexity index is 1660. The van der Waals surface area contributed by atoms with Crippen molar-refractivity contribution in [3.05, 3.63) is 87.6 Å². The van der Waals surface area contributed by atoms with Gasteiger partial charge in [0.2, 0.25) is 0 Å². The number of nitrogens with zero attached hydrogens (tertiary/aromatic N) is 1. The number of fused-ring (bicyclic) bond motifs is 2. The third-order valence-corrected chi connectivity index (χ3v) is 9.01. The number of anilines is 2. The number of pyridine rings is 1. The second-order valence-corrected chi connectivity index (χ2v) is 11.1. The minimum atomic E-state index is -0.514. The number of aromatic nitrogens is 1. The molecule has 0 unspecified atom stereocenters. The van der Waals surface area contributed by atoms with Crippen LogP contribution in [0.3, 0.4) is 0 Å². The largest absolute Gasteiger partial charge is 0.397 e. The van der Waals surface area contributed by atoms with E-state index in [0.717, 1.165) is 63.9 Å². The van der Waals surface area contributed by atoms with Gasteiger partial charge in [-0.05, 0) is 48.4 Å². The van der Waals surface area contributed by atoms with E-state index in [-0.39, 0.29) is 5.91 Å². The number of thiophene rings is 2. The molecule has 1 aliphatic carbocycles. The number of nitrogens with one attached hydrogen (secondary N) is 1. The van der Waals surface area contributed by atoms with Crippen LogP contribution in [0.2, 0.25) is 0 Å². The summed E-state index contributed by atoms with van der Waals surface area (Å²) >= 11 is 2.70. The molecule has 8 heteroatoms. The van der Waals surface area contributed by atoms with E-state index in [1.165, 1.54) is 22.7 Å². The number of hydrogen-bond donors (Lipinski definition) is 3. The van der Waals surface area contributed by atoms with Crippen molar-refractivity contribution in [1.82, 2.24) is 4.98 Å². The van der Waals surface area contributed by atoms with Crippen LogP contribution >= 0.6 is 22.7 Å².